The van der Waals surface area contributed by atoms with Gasteiger partial charge in [0, 0.05) is 17.8 Å². The van der Waals surface area contributed by atoms with Crippen molar-refractivity contribution in [1.82, 2.24) is 0 Å². The highest BCUT2D eigenvalue weighted by Gasteiger charge is 2.14. The van der Waals surface area contributed by atoms with Crippen LogP contribution in [0.25, 0.3) is 0 Å². The summed E-state index contributed by atoms with van der Waals surface area (Å²) in [4.78, 5) is 34.8. The average molecular weight is 370 g/mol. The summed E-state index contributed by atoms with van der Waals surface area (Å²) in [7, 11) is 1.30. The summed E-state index contributed by atoms with van der Waals surface area (Å²) in [5, 5.41) is 14.2. The Hall–Kier alpha value is -3.35. The molecule has 0 fully saturated rings. The van der Waals surface area contributed by atoms with E-state index in [1.54, 1.807) is 43.3 Å². The number of rotatable bonds is 6. The molecule has 7 heteroatoms. The van der Waals surface area contributed by atoms with Crippen molar-refractivity contribution in [3.05, 3.63) is 58.7 Å². The highest BCUT2D eigenvalue weighted by molar-refractivity contribution is 6.01. The predicted octanol–water partition coefficient (Wildman–Crippen LogP) is 3.75. The molecule has 2 aromatic carbocycles. The summed E-state index contributed by atoms with van der Waals surface area (Å²) >= 11 is 0. The maximum absolute atomic E-state index is 12.3. The molecule has 0 aliphatic heterocycles. The molecule has 2 aromatic rings. The molecule has 3 N–H and O–H groups in total. The number of aryl methyl sites for hydroxylation is 3. The van der Waals surface area contributed by atoms with Crippen LogP contribution in [0.15, 0.2) is 36.4 Å². The molecular formula is C20H22N2O5. The van der Waals surface area contributed by atoms with Crippen LogP contribution in [0, 0.1) is 13.8 Å². The Morgan fingerprint density at radius 3 is 2.44 bits per heavy atom. The molecule has 2 amide bonds. The van der Waals surface area contributed by atoms with Gasteiger partial charge in [0.05, 0.1) is 12.7 Å². The van der Waals surface area contributed by atoms with E-state index in [9.17, 15) is 14.4 Å². The zero-order valence-electron chi connectivity index (χ0n) is 15.5. The number of amides is 2. The van der Waals surface area contributed by atoms with Crippen molar-refractivity contribution >= 4 is 29.3 Å². The lowest BCUT2D eigenvalue weighted by Crippen LogP contribution is -2.20. The lowest BCUT2D eigenvalue weighted by atomic mass is 10.0. The second-order valence-corrected chi connectivity index (χ2v) is 6.15. The Bertz CT molecular complexity index is 877. The molecule has 0 spiro atoms. The minimum atomic E-state index is -0.873. The van der Waals surface area contributed by atoms with Crippen LogP contribution in [0.2, 0.25) is 0 Å². The zero-order valence-corrected chi connectivity index (χ0v) is 15.5. The van der Waals surface area contributed by atoms with E-state index in [0.717, 1.165) is 16.7 Å². The van der Waals surface area contributed by atoms with Gasteiger partial charge in [-0.2, -0.15) is 0 Å². The molecule has 142 valence electrons. The number of ether oxygens (including phenoxy) is 1. The first kappa shape index (κ1) is 20.0. The van der Waals surface area contributed by atoms with Gasteiger partial charge in [-0.15, -0.1) is 0 Å². The minimum absolute atomic E-state index is 0.0223. The van der Waals surface area contributed by atoms with Crippen molar-refractivity contribution in [1.29, 1.82) is 0 Å². The first-order valence-corrected chi connectivity index (χ1v) is 8.38. The van der Waals surface area contributed by atoms with Crippen molar-refractivity contribution in [3.8, 4) is 0 Å². The summed E-state index contributed by atoms with van der Waals surface area (Å²) in [6, 6.07) is 9.91. The number of hydrogen-bond acceptors (Lipinski definition) is 4. The summed E-state index contributed by atoms with van der Waals surface area (Å²) in [6.07, 6.45) is 0.403. The highest BCUT2D eigenvalue weighted by Crippen LogP contribution is 2.22. The molecule has 2 rings (SSSR count). The van der Waals surface area contributed by atoms with Crippen molar-refractivity contribution in [3.63, 3.8) is 0 Å². The van der Waals surface area contributed by atoms with E-state index in [0.29, 0.717) is 23.4 Å². The molecule has 0 bridgehead atoms. The van der Waals surface area contributed by atoms with Gasteiger partial charge in [0.15, 0.2) is 0 Å². The van der Waals surface area contributed by atoms with E-state index in [2.05, 4.69) is 10.6 Å². The molecule has 0 aromatic heterocycles. The maximum Gasteiger partial charge on any atom is 0.338 e. The van der Waals surface area contributed by atoms with Crippen molar-refractivity contribution in [2.24, 2.45) is 0 Å². The monoisotopic (exact) mass is 370 g/mol. The Morgan fingerprint density at radius 1 is 1.04 bits per heavy atom. The summed E-state index contributed by atoms with van der Waals surface area (Å²) in [6.45, 7) is 3.63. The smallest absolute Gasteiger partial charge is 0.338 e. The third-order valence-electron chi connectivity index (χ3n) is 4.04. The van der Waals surface area contributed by atoms with E-state index >= 15 is 0 Å². The summed E-state index contributed by atoms with van der Waals surface area (Å²) < 4.78 is 4.76. The number of carboxylic acid groups (broad SMARTS) is 1. The largest absolute Gasteiger partial charge is 0.481 e. The van der Waals surface area contributed by atoms with E-state index in [1.807, 2.05) is 6.92 Å². The molecule has 0 saturated heterocycles. The number of carboxylic acids is 1. The number of benzene rings is 2. The average Bonchev–Trinajstić information content (AvgIpc) is 2.62. The third kappa shape index (κ3) is 5.57. The van der Waals surface area contributed by atoms with Gasteiger partial charge in [-0.05, 0) is 55.2 Å². The summed E-state index contributed by atoms with van der Waals surface area (Å²) in [5.74, 6) is -1.34. The number of urea groups is 1. The number of nitrogens with one attached hydrogen (secondary N) is 2. The van der Waals surface area contributed by atoms with Crippen LogP contribution in [0.4, 0.5) is 16.2 Å². The van der Waals surface area contributed by atoms with Gasteiger partial charge in [-0.25, -0.2) is 9.59 Å². The molecule has 0 radical (unpaired) electrons. The number of aliphatic carboxylic acids is 1. The van der Waals surface area contributed by atoms with Crippen molar-refractivity contribution in [2.75, 3.05) is 17.7 Å². The zero-order chi connectivity index (χ0) is 20.0. The van der Waals surface area contributed by atoms with E-state index < -0.39 is 18.0 Å². The van der Waals surface area contributed by atoms with Crippen LogP contribution in [-0.4, -0.2) is 30.2 Å². The normalized spacial score (nSPS) is 10.2. The molecule has 7 nitrogen and oxygen atoms in total. The predicted molar refractivity (Wildman–Crippen MR) is 102 cm³/mol. The van der Waals surface area contributed by atoms with Crippen LogP contribution in [0.3, 0.4) is 0 Å². The second kappa shape index (κ2) is 8.84. The van der Waals surface area contributed by atoms with Crippen LogP contribution >= 0.6 is 0 Å². The number of carbonyl (C=O) groups is 3. The Balaban J connectivity index is 2.11. The first-order valence-electron chi connectivity index (χ1n) is 8.38. The fraction of sp³-hybridized carbons (Fsp3) is 0.250. The fourth-order valence-electron chi connectivity index (χ4n) is 2.66. The second-order valence-electron chi connectivity index (χ2n) is 6.15. The molecule has 0 aliphatic rings. The molecule has 0 saturated carbocycles. The van der Waals surface area contributed by atoms with Crippen LogP contribution in [0.1, 0.15) is 33.5 Å². The van der Waals surface area contributed by atoms with Crippen molar-refractivity contribution in [2.45, 2.75) is 26.7 Å². The SMILES string of the molecule is COC(=O)c1cc(NC(=O)Nc2cccc(CCC(=O)O)c2)c(C)cc1C. The van der Waals surface area contributed by atoms with Gasteiger partial charge in [0.1, 0.15) is 0 Å². The molecule has 0 unspecified atom stereocenters. The Kier molecular flexibility index (Phi) is 6.54. The fourth-order valence-corrected chi connectivity index (χ4v) is 2.66. The third-order valence-corrected chi connectivity index (χ3v) is 4.04. The highest BCUT2D eigenvalue weighted by atomic mass is 16.5. The quantitative estimate of drug-likeness (QED) is 0.672. The number of esters is 1. The van der Waals surface area contributed by atoms with Crippen LogP contribution in [0.5, 0.6) is 0 Å². The van der Waals surface area contributed by atoms with E-state index in [-0.39, 0.29) is 6.42 Å². The standard InChI is InChI=1S/C20H22N2O5/c1-12-9-13(2)17(11-16(12)19(25)27-3)22-20(26)21-15-6-4-5-14(10-15)7-8-18(23)24/h4-6,9-11H,7-8H2,1-3H3,(H,23,24)(H2,21,22,26). The van der Waals surface area contributed by atoms with Gasteiger partial charge >= 0.3 is 18.0 Å². The number of anilines is 2. The number of carbonyl (C=O) groups excluding carboxylic acids is 2. The molecular weight excluding hydrogens is 348 g/mol. The topological polar surface area (TPSA) is 105 Å². The van der Waals surface area contributed by atoms with Gasteiger partial charge in [0.25, 0.3) is 0 Å². The Morgan fingerprint density at radius 2 is 1.78 bits per heavy atom. The maximum atomic E-state index is 12.3. The lowest BCUT2D eigenvalue weighted by Gasteiger charge is -2.13. The van der Waals surface area contributed by atoms with Crippen molar-refractivity contribution < 1.29 is 24.2 Å². The first-order chi connectivity index (χ1) is 12.8. The molecule has 27 heavy (non-hydrogen) atoms. The molecule has 0 aliphatic carbocycles. The van der Waals surface area contributed by atoms with Gasteiger partial charge in [0.2, 0.25) is 0 Å². The summed E-state index contributed by atoms with van der Waals surface area (Å²) in [5.41, 5.74) is 3.82. The lowest BCUT2D eigenvalue weighted by molar-refractivity contribution is -0.136. The van der Waals surface area contributed by atoms with E-state index in [1.165, 1.54) is 7.11 Å². The van der Waals surface area contributed by atoms with Crippen LogP contribution in [-0.2, 0) is 16.0 Å². The molecule has 0 atom stereocenters. The van der Waals surface area contributed by atoms with Gasteiger partial charge < -0.3 is 20.5 Å². The van der Waals surface area contributed by atoms with Crippen LogP contribution < -0.4 is 10.6 Å². The van der Waals surface area contributed by atoms with Gasteiger partial charge in [-0.1, -0.05) is 18.2 Å². The van der Waals surface area contributed by atoms with Gasteiger partial charge in [-0.3, -0.25) is 4.79 Å². The van der Waals surface area contributed by atoms with E-state index in [4.69, 9.17) is 9.84 Å². The molecule has 0 heterocycles. The number of methoxy groups -OCH3 is 1. The number of hydrogen-bond donors (Lipinski definition) is 3. The minimum Gasteiger partial charge on any atom is -0.481 e. The Labute approximate surface area is 157 Å².